The summed E-state index contributed by atoms with van der Waals surface area (Å²) in [5.41, 5.74) is 22.4. The largest absolute Gasteiger partial charge is 0.311 e. The van der Waals surface area contributed by atoms with Crippen molar-refractivity contribution in [1.82, 2.24) is 0 Å². The van der Waals surface area contributed by atoms with Crippen LogP contribution in [0.5, 0.6) is 0 Å². The maximum atomic E-state index is 2.39. The molecule has 0 radical (unpaired) electrons. The lowest BCUT2D eigenvalue weighted by Gasteiger charge is -2.28. The first kappa shape index (κ1) is 56.7. The van der Waals surface area contributed by atoms with Crippen LogP contribution in [0, 0.1) is 0 Å². The lowest BCUT2D eigenvalue weighted by molar-refractivity contribution is 1.28. The van der Waals surface area contributed by atoms with Crippen LogP contribution in [0.1, 0.15) is 0 Å². The molecule has 444 valence electrons. The van der Waals surface area contributed by atoms with Gasteiger partial charge in [0.15, 0.2) is 0 Å². The number of fused-ring (bicyclic) bond motifs is 3. The second kappa shape index (κ2) is 25.4. The molecule has 0 unspecified atom stereocenters. The highest BCUT2D eigenvalue weighted by atomic mass is 15.2. The highest BCUT2D eigenvalue weighted by Gasteiger charge is 2.21. The maximum absolute atomic E-state index is 2.39. The summed E-state index contributed by atoms with van der Waals surface area (Å²) in [5, 5.41) is 7.22. The second-order valence-corrected chi connectivity index (χ2v) is 23.7. The van der Waals surface area contributed by atoms with Crippen molar-refractivity contribution in [3.8, 4) is 44.5 Å². The van der Waals surface area contributed by atoms with Gasteiger partial charge in [-0.15, -0.1) is 0 Å². The average molecular weight is 1200 g/mol. The Bertz CT molecular complexity index is 5240. The highest BCUT2D eigenvalue weighted by molar-refractivity contribution is 6.02. The minimum Gasteiger partial charge on any atom is -0.311 e. The number of hydrogen-bond acceptors (Lipinski definition) is 4. The summed E-state index contributed by atoms with van der Waals surface area (Å²) in [6.07, 6.45) is 0. The highest BCUT2D eigenvalue weighted by Crippen LogP contribution is 2.45. The lowest BCUT2D eigenvalue weighted by atomic mass is 10.0. The molecule has 0 fully saturated rings. The summed E-state index contributed by atoms with van der Waals surface area (Å²) < 4.78 is 0. The zero-order valence-corrected chi connectivity index (χ0v) is 51.7. The van der Waals surface area contributed by atoms with Gasteiger partial charge in [-0.25, -0.2) is 0 Å². The molecule has 16 aromatic carbocycles. The zero-order valence-electron chi connectivity index (χ0n) is 51.7. The van der Waals surface area contributed by atoms with Crippen LogP contribution in [-0.2, 0) is 0 Å². The van der Waals surface area contributed by atoms with Crippen molar-refractivity contribution in [1.29, 1.82) is 0 Å². The number of rotatable bonds is 16. The Balaban J connectivity index is 0.688. The Morgan fingerprint density at radius 2 is 0.298 bits per heavy atom. The van der Waals surface area contributed by atoms with Gasteiger partial charge in [0.25, 0.3) is 0 Å². The van der Waals surface area contributed by atoms with Gasteiger partial charge in [-0.1, -0.05) is 261 Å². The van der Waals surface area contributed by atoms with E-state index in [0.29, 0.717) is 0 Å². The second-order valence-electron chi connectivity index (χ2n) is 23.7. The van der Waals surface area contributed by atoms with Gasteiger partial charge in [0, 0.05) is 67.3 Å². The van der Waals surface area contributed by atoms with Crippen LogP contribution in [0.15, 0.2) is 388 Å². The molecule has 94 heavy (non-hydrogen) atoms. The van der Waals surface area contributed by atoms with Gasteiger partial charge in [-0.2, -0.15) is 0 Å². The number of nitrogens with zero attached hydrogens (tertiary/aromatic N) is 4. The van der Waals surface area contributed by atoms with E-state index in [-0.39, 0.29) is 0 Å². The van der Waals surface area contributed by atoms with Crippen LogP contribution >= 0.6 is 0 Å². The molecule has 4 nitrogen and oxygen atoms in total. The Morgan fingerprint density at radius 1 is 0.117 bits per heavy atom. The van der Waals surface area contributed by atoms with E-state index in [2.05, 4.69) is 408 Å². The molecule has 0 saturated heterocycles. The Labute approximate surface area is 549 Å². The van der Waals surface area contributed by atoms with Crippen molar-refractivity contribution >= 4 is 101 Å². The molecule has 0 aromatic heterocycles. The fraction of sp³-hybridized carbons (Fsp3) is 0. The van der Waals surface area contributed by atoms with Crippen molar-refractivity contribution in [3.05, 3.63) is 388 Å². The van der Waals surface area contributed by atoms with E-state index in [1.54, 1.807) is 0 Å². The first-order valence-corrected chi connectivity index (χ1v) is 32.1. The molecule has 0 heterocycles. The zero-order chi connectivity index (χ0) is 62.6. The third-order valence-electron chi connectivity index (χ3n) is 18.0. The summed E-state index contributed by atoms with van der Waals surface area (Å²) in [7, 11) is 0. The third-order valence-corrected chi connectivity index (χ3v) is 18.0. The molecule has 0 atom stereocenters. The van der Waals surface area contributed by atoms with Crippen LogP contribution < -0.4 is 19.6 Å². The predicted molar refractivity (Wildman–Crippen MR) is 399 cm³/mol. The Morgan fingerprint density at radius 3 is 0.553 bits per heavy atom. The van der Waals surface area contributed by atoms with Gasteiger partial charge in [0.05, 0.1) is 17.1 Å². The summed E-state index contributed by atoms with van der Waals surface area (Å²) in [4.78, 5) is 9.45. The molecule has 0 saturated carbocycles. The van der Waals surface area contributed by atoms with E-state index in [4.69, 9.17) is 0 Å². The first-order valence-electron chi connectivity index (χ1n) is 32.1. The summed E-state index contributed by atoms with van der Waals surface area (Å²) in [6.45, 7) is 0. The molecular weight excluding hydrogens is 1140 g/mol. The van der Waals surface area contributed by atoms with Gasteiger partial charge in [0.2, 0.25) is 0 Å². The van der Waals surface area contributed by atoms with Crippen molar-refractivity contribution in [2.24, 2.45) is 0 Å². The number of para-hydroxylation sites is 2. The number of hydrogen-bond donors (Lipinski definition) is 0. The summed E-state index contributed by atoms with van der Waals surface area (Å²) in [5.74, 6) is 0. The smallest absolute Gasteiger partial charge is 0.0540 e. The van der Waals surface area contributed by atoms with Crippen molar-refractivity contribution in [2.45, 2.75) is 0 Å². The molecule has 0 aliphatic rings. The molecule has 0 amide bonds. The van der Waals surface area contributed by atoms with Gasteiger partial charge < -0.3 is 19.6 Å². The molecule has 0 bridgehead atoms. The number of anilines is 12. The van der Waals surface area contributed by atoms with E-state index in [1.165, 1.54) is 43.4 Å². The van der Waals surface area contributed by atoms with E-state index < -0.39 is 0 Å². The molecular formula is C90H64N4. The van der Waals surface area contributed by atoms with Gasteiger partial charge in [0.1, 0.15) is 0 Å². The summed E-state index contributed by atoms with van der Waals surface area (Å²) >= 11 is 0. The fourth-order valence-corrected chi connectivity index (χ4v) is 13.3. The number of benzene rings is 16. The molecule has 0 spiro atoms. The fourth-order valence-electron chi connectivity index (χ4n) is 13.3. The van der Waals surface area contributed by atoms with Crippen molar-refractivity contribution < 1.29 is 0 Å². The Kier molecular flexibility index (Phi) is 15.3. The van der Waals surface area contributed by atoms with E-state index in [1.807, 2.05) is 0 Å². The van der Waals surface area contributed by atoms with Gasteiger partial charge in [-0.05, 0) is 188 Å². The molecule has 0 aliphatic carbocycles. The van der Waals surface area contributed by atoms with Crippen LogP contribution in [0.3, 0.4) is 0 Å². The van der Waals surface area contributed by atoms with Gasteiger partial charge >= 0.3 is 0 Å². The van der Waals surface area contributed by atoms with Crippen LogP contribution in [0.25, 0.3) is 76.8 Å². The topological polar surface area (TPSA) is 13.0 Å². The predicted octanol–water partition coefficient (Wildman–Crippen LogP) is 25.7. The maximum Gasteiger partial charge on any atom is 0.0540 e. The summed E-state index contributed by atoms with van der Waals surface area (Å²) in [6, 6.07) is 140. The van der Waals surface area contributed by atoms with E-state index >= 15 is 0 Å². The van der Waals surface area contributed by atoms with E-state index in [0.717, 1.165) is 102 Å². The normalized spacial score (nSPS) is 11.2. The van der Waals surface area contributed by atoms with E-state index in [9.17, 15) is 0 Å². The average Bonchev–Trinajstić information content (AvgIpc) is 1.58. The third kappa shape index (κ3) is 11.3. The lowest BCUT2D eigenvalue weighted by Crippen LogP contribution is -2.10. The molecule has 4 heteroatoms. The molecule has 0 N–H and O–H groups in total. The van der Waals surface area contributed by atoms with Crippen LogP contribution in [0.2, 0.25) is 0 Å². The van der Waals surface area contributed by atoms with Crippen molar-refractivity contribution in [2.75, 3.05) is 19.6 Å². The molecule has 16 rings (SSSR count). The SMILES string of the molecule is c1ccc(-c2ccc(N(c3ccc(-c4ccc(N(c5ccccc5)c5cccc6ccccc56)cc4)cc3)c3ccc(-c4ccc(N(c5ccc(-c6ccc(N(c7ccccc7)c7cccc8ccccc78)cc6)cc5)c5cccc6ccccc56)cc4)cc3)cc2)cc1. The van der Waals surface area contributed by atoms with Crippen LogP contribution in [-0.4, -0.2) is 0 Å². The standard InChI is InChI=1S/C90H64N4/c1-4-19-65(20-5-1)66-37-51-78(52-38-66)91(79-53-39-67(40-54-79)69-43-57-81(58-44-69)92(76-27-6-2-7-28-76)88-34-16-24-73-21-10-13-31-85(73)88)80-55-41-68(42-56-80)70-47-61-83(62-48-70)94(90-36-18-26-75-23-12-15-33-87(75)90)84-63-49-72(50-64-84)71-45-59-82(60-46-71)93(77-29-8-3-9-30-77)89-35-17-25-74-22-11-14-32-86(74)89/h1-64H. The first-order chi connectivity index (χ1) is 46.6. The van der Waals surface area contributed by atoms with Gasteiger partial charge in [-0.3, -0.25) is 0 Å². The molecule has 16 aromatic rings. The van der Waals surface area contributed by atoms with Crippen LogP contribution in [0.4, 0.5) is 68.2 Å². The quantitative estimate of drug-likeness (QED) is 0.0956. The molecule has 0 aliphatic heterocycles. The monoisotopic (exact) mass is 1200 g/mol. The Hall–Kier alpha value is -12.5. The van der Waals surface area contributed by atoms with Crippen molar-refractivity contribution in [3.63, 3.8) is 0 Å². The minimum absolute atomic E-state index is 1.07. The minimum atomic E-state index is 1.07.